The van der Waals surface area contributed by atoms with Gasteiger partial charge in [-0.15, -0.1) is 0 Å². The third kappa shape index (κ3) is 7.23. The fourth-order valence-corrected chi connectivity index (χ4v) is 3.83. The Bertz CT molecular complexity index is 972. The quantitative estimate of drug-likeness (QED) is 0.404. The molecule has 3 rings (SSSR count). The topological polar surface area (TPSA) is 88.2 Å². The summed E-state index contributed by atoms with van der Waals surface area (Å²) in [5.41, 5.74) is 1.73. The van der Waals surface area contributed by atoms with Gasteiger partial charge in [-0.05, 0) is 43.7 Å². The molecule has 1 N–H and O–H groups in total. The van der Waals surface area contributed by atoms with Gasteiger partial charge in [0.1, 0.15) is 0 Å². The molecule has 0 saturated carbocycles. The first-order chi connectivity index (χ1) is 16.5. The molecule has 8 heteroatoms. The molecule has 1 aliphatic rings. The van der Waals surface area contributed by atoms with Crippen LogP contribution in [0, 0.1) is 0 Å². The number of ether oxygens (including phenoxy) is 2. The molecule has 34 heavy (non-hydrogen) atoms. The smallest absolute Gasteiger partial charge is 0.224 e. The van der Waals surface area contributed by atoms with Gasteiger partial charge in [0.25, 0.3) is 0 Å². The van der Waals surface area contributed by atoms with Gasteiger partial charge in [-0.25, -0.2) is 0 Å². The van der Waals surface area contributed by atoms with Crippen molar-refractivity contribution < 1.29 is 23.9 Å². The molecule has 0 radical (unpaired) electrons. The average molecular weight is 468 g/mol. The summed E-state index contributed by atoms with van der Waals surface area (Å²) in [5, 5.41) is 2.81. The van der Waals surface area contributed by atoms with Crippen LogP contribution >= 0.6 is 0 Å². The van der Waals surface area contributed by atoms with Gasteiger partial charge in [-0.2, -0.15) is 0 Å². The molecule has 182 valence electrons. The van der Waals surface area contributed by atoms with Crippen molar-refractivity contribution in [2.45, 2.75) is 26.2 Å². The predicted octanol–water partition coefficient (Wildman–Crippen LogP) is 2.91. The molecule has 1 aliphatic heterocycles. The Morgan fingerprint density at radius 3 is 2.35 bits per heavy atom. The van der Waals surface area contributed by atoms with E-state index in [2.05, 4.69) is 22.3 Å². The Kier molecular flexibility index (Phi) is 9.31. The largest absolute Gasteiger partial charge is 0.493 e. The second-order valence-corrected chi connectivity index (χ2v) is 8.18. The lowest BCUT2D eigenvalue weighted by Crippen LogP contribution is -2.49. The first-order valence-electron chi connectivity index (χ1n) is 11.6. The number of carbonyl (C=O) groups excluding carboxylic acids is 3. The van der Waals surface area contributed by atoms with Crippen LogP contribution in [0.15, 0.2) is 48.5 Å². The number of anilines is 1. The zero-order chi connectivity index (χ0) is 24.3. The molecule has 2 aromatic carbocycles. The highest BCUT2D eigenvalue weighted by molar-refractivity contribution is 5.94. The van der Waals surface area contributed by atoms with Gasteiger partial charge in [-0.3, -0.25) is 14.4 Å². The number of amides is 2. The Morgan fingerprint density at radius 2 is 1.68 bits per heavy atom. The molecule has 8 nitrogen and oxygen atoms in total. The lowest BCUT2D eigenvalue weighted by Gasteiger charge is -2.36. The zero-order valence-electron chi connectivity index (χ0n) is 19.9. The molecule has 0 atom stereocenters. The van der Waals surface area contributed by atoms with E-state index in [9.17, 15) is 14.4 Å². The fraction of sp³-hybridized carbons (Fsp3) is 0.423. The average Bonchev–Trinajstić information content (AvgIpc) is 2.87. The summed E-state index contributed by atoms with van der Waals surface area (Å²) in [5.74, 6) is 0.933. The second-order valence-electron chi connectivity index (χ2n) is 8.18. The van der Waals surface area contributed by atoms with Gasteiger partial charge in [0.15, 0.2) is 17.3 Å². The van der Waals surface area contributed by atoms with E-state index < -0.39 is 0 Å². The van der Waals surface area contributed by atoms with Crippen LogP contribution in [0.3, 0.4) is 0 Å². The highest BCUT2D eigenvalue weighted by Crippen LogP contribution is 2.28. The van der Waals surface area contributed by atoms with Gasteiger partial charge in [0, 0.05) is 56.8 Å². The van der Waals surface area contributed by atoms with Gasteiger partial charge < -0.3 is 24.6 Å². The van der Waals surface area contributed by atoms with Crippen molar-refractivity contribution in [1.29, 1.82) is 0 Å². The number of benzene rings is 2. The first kappa shape index (κ1) is 25.1. The summed E-state index contributed by atoms with van der Waals surface area (Å²) in [6.45, 7) is 5.17. The number of rotatable bonds is 11. The van der Waals surface area contributed by atoms with Crippen molar-refractivity contribution in [2.24, 2.45) is 0 Å². The summed E-state index contributed by atoms with van der Waals surface area (Å²) in [4.78, 5) is 40.2. The van der Waals surface area contributed by atoms with Crippen LogP contribution in [0.2, 0.25) is 0 Å². The minimum Gasteiger partial charge on any atom is -0.493 e. The molecule has 1 heterocycles. The highest BCUT2D eigenvalue weighted by Gasteiger charge is 2.21. The number of Topliss-reactive ketones (excluding diaryl/α,β-unsaturated/α-hetero) is 1. The van der Waals surface area contributed by atoms with Crippen molar-refractivity contribution in [2.75, 3.05) is 51.3 Å². The maximum absolute atomic E-state index is 12.5. The summed E-state index contributed by atoms with van der Waals surface area (Å²) in [7, 11) is 1.52. The third-order valence-corrected chi connectivity index (χ3v) is 5.79. The summed E-state index contributed by atoms with van der Waals surface area (Å²) in [6.07, 6.45) is 1.13. The molecular formula is C26H33N3O5. The van der Waals surface area contributed by atoms with E-state index in [1.165, 1.54) is 19.7 Å². The van der Waals surface area contributed by atoms with E-state index >= 15 is 0 Å². The fourth-order valence-electron chi connectivity index (χ4n) is 3.83. The Hall–Kier alpha value is -3.55. The van der Waals surface area contributed by atoms with Gasteiger partial charge in [-0.1, -0.05) is 18.2 Å². The van der Waals surface area contributed by atoms with Crippen LogP contribution in [0.4, 0.5) is 5.69 Å². The molecule has 0 unspecified atom stereocenters. The number of methoxy groups -OCH3 is 1. The first-order valence-corrected chi connectivity index (χ1v) is 11.6. The van der Waals surface area contributed by atoms with Crippen LogP contribution in [0.1, 0.15) is 36.5 Å². The van der Waals surface area contributed by atoms with Crippen LogP contribution in [-0.2, 0) is 9.59 Å². The van der Waals surface area contributed by atoms with Gasteiger partial charge in [0.2, 0.25) is 11.8 Å². The van der Waals surface area contributed by atoms with Crippen LogP contribution in [0.5, 0.6) is 11.5 Å². The van der Waals surface area contributed by atoms with Crippen LogP contribution < -0.4 is 19.7 Å². The predicted molar refractivity (Wildman–Crippen MR) is 131 cm³/mol. The van der Waals surface area contributed by atoms with E-state index in [1.807, 2.05) is 23.1 Å². The number of carbonyl (C=O) groups is 3. The van der Waals surface area contributed by atoms with E-state index in [-0.39, 0.29) is 17.6 Å². The van der Waals surface area contributed by atoms with Gasteiger partial charge in [0.05, 0.1) is 13.7 Å². The molecule has 0 spiro atoms. The molecule has 0 aliphatic carbocycles. The minimum atomic E-state index is -0.107. The highest BCUT2D eigenvalue weighted by atomic mass is 16.5. The minimum absolute atomic E-state index is 0.0468. The monoisotopic (exact) mass is 467 g/mol. The number of nitrogens with zero attached hydrogens (tertiary/aromatic N) is 2. The molecule has 2 amide bonds. The lowest BCUT2D eigenvalue weighted by atomic mass is 10.1. The number of hydrogen-bond acceptors (Lipinski definition) is 6. The van der Waals surface area contributed by atoms with E-state index in [0.29, 0.717) is 62.6 Å². The SMILES string of the molecule is COc1cc(C(C)=O)ccc1OCCCC(=O)NCCC(=O)N1CCN(c2ccccc2)CC1. The lowest BCUT2D eigenvalue weighted by molar-refractivity contribution is -0.131. The summed E-state index contributed by atoms with van der Waals surface area (Å²) in [6, 6.07) is 15.2. The molecule has 1 fully saturated rings. The summed E-state index contributed by atoms with van der Waals surface area (Å²) < 4.78 is 11.0. The second kappa shape index (κ2) is 12.6. The maximum atomic E-state index is 12.5. The molecule has 0 aromatic heterocycles. The van der Waals surface area contributed by atoms with Crippen molar-refractivity contribution in [3.05, 3.63) is 54.1 Å². The van der Waals surface area contributed by atoms with Crippen molar-refractivity contribution >= 4 is 23.3 Å². The maximum Gasteiger partial charge on any atom is 0.224 e. The molecule has 2 aromatic rings. The van der Waals surface area contributed by atoms with Crippen molar-refractivity contribution in [3.63, 3.8) is 0 Å². The Balaban J connectivity index is 1.29. The molecular weight excluding hydrogens is 434 g/mol. The number of hydrogen-bond donors (Lipinski definition) is 1. The molecule has 0 bridgehead atoms. The van der Waals surface area contributed by atoms with Crippen LogP contribution in [0.25, 0.3) is 0 Å². The number of para-hydroxylation sites is 1. The third-order valence-electron chi connectivity index (χ3n) is 5.79. The van der Waals surface area contributed by atoms with Gasteiger partial charge >= 0.3 is 0 Å². The van der Waals surface area contributed by atoms with Crippen molar-refractivity contribution in [1.82, 2.24) is 10.2 Å². The van der Waals surface area contributed by atoms with Crippen LogP contribution in [-0.4, -0.2) is 68.9 Å². The Morgan fingerprint density at radius 1 is 0.941 bits per heavy atom. The number of ketones is 1. The molecule has 1 saturated heterocycles. The normalized spacial score (nSPS) is 13.4. The number of piperazine rings is 1. The zero-order valence-corrected chi connectivity index (χ0v) is 19.9. The van der Waals surface area contributed by atoms with E-state index in [1.54, 1.807) is 18.2 Å². The van der Waals surface area contributed by atoms with E-state index in [0.717, 1.165) is 13.1 Å². The van der Waals surface area contributed by atoms with Crippen molar-refractivity contribution in [3.8, 4) is 11.5 Å². The Labute approximate surface area is 200 Å². The summed E-state index contributed by atoms with van der Waals surface area (Å²) >= 11 is 0. The van der Waals surface area contributed by atoms with E-state index in [4.69, 9.17) is 9.47 Å². The standard InChI is InChI=1S/C26H33N3O5/c1-20(30)21-10-11-23(24(19-21)33-2)34-18-6-9-25(31)27-13-12-26(32)29-16-14-28(15-17-29)22-7-4-3-5-8-22/h3-5,7-8,10-11,19H,6,9,12-18H2,1-2H3,(H,27,31). The number of nitrogens with one attached hydrogen (secondary N) is 1.